The summed E-state index contributed by atoms with van der Waals surface area (Å²) in [5, 5.41) is 4.55. The van der Waals surface area contributed by atoms with Crippen LogP contribution in [0.25, 0.3) is 0 Å². The Hall–Kier alpha value is -0.160. The van der Waals surface area contributed by atoms with E-state index in [9.17, 15) is 0 Å². The first-order chi connectivity index (χ1) is 6.75. The van der Waals surface area contributed by atoms with Gasteiger partial charge in [-0.3, -0.25) is 4.90 Å². The van der Waals surface area contributed by atoms with Crippen LogP contribution >= 0.6 is 23.7 Å². The lowest BCUT2D eigenvalue weighted by molar-refractivity contribution is 0.234. The van der Waals surface area contributed by atoms with Gasteiger partial charge in [0, 0.05) is 37.6 Å². The molecule has 0 unspecified atom stereocenters. The molecule has 1 fully saturated rings. The van der Waals surface area contributed by atoms with E-state index in [1.807, 2.05) is 11.3 Å². The molecule has 0 atom stereocenters. The Labute approximate surface area is 101 Å². The van der Waals surface area contributed by atoms with Gasteiger partial charge in [0.1, 0.15) is 0 Å². The molecule has 2 rings (SSSR count). The maximum atomic E-state index is 4.45. The van der Waals surface area contributed by atoms with E-state index in [2.05, 4.69) is 29.0 Å². The maximum Gasteiger partial charge on any atom is 0.0900 e. The molecule has 1 aliphatic heterocycles. The average molecular weight is 248 g/mol. The Morgan fingerprint density at radius 2 is 2.00 bits per heavy atom. The highest BCUT2D eigenvalue weighted by atomic mass is 35.5. The van der Waals surface area contributed by atoms with Crippen molar-refractivity contribution < 1.29 is 0 Å². The van der Waals surface area contributed by atoms with Gasteiger partial charge in [0.15, 0.2) is 0 Å². The van der Waals surface area contributed by atoms with Gasteiger partial charge in [-0.25, -0.2) is 4.98 Å². The van der Waals surface area contributed by atoms with Crippen LogP contribution in [0.5, 0.6) is 0 Å². The Balaban J connectivity index is 0.00000112. The zero-order valence-electron chi connectivity index (χ0n) is 9.25. The first-order valence-corrected chi connectivity index (χ1v) is 5.93. The Morgan fingerprint density at radius 3 is 2.53 bits per heavy atom. The van der Waals surface area contributed by atoms with Crippen LogP contribution in [-0.4, -0.2) is 36.1 Å². The van der Waals surface area contributed by atoms with Crippen molar-refractivity contribution in [2.45, 2.75) is 20.4 Å². The summed E-state index contributed by atoms with van der Waals surface area (Å²) < 4.78 is 0. The minimum absolute atomic E-state index is 0. The molecule has 0 aromatic carbocycles. The molecule has 0 aliphatic carbocycles. The fourth-order valence-electron chi connectivity index (χ4n) is 1.79. The van der Waals surface area contributed by atoms with E-state index >= 15 is 0 Å². The summed E-state index contributed by atoms with van der Waals surface area (Å²) in [7, 11) is 0. The largest absolute Gasteiger partial charge is 0.314 e. The second-order valence-corrected chi connectivity index (χ2v) is 5.06. The number of nitrogens with one attached hydrogen (secondary N) is 1. The fourth-order valence-corrected chi connectivity index (χ4v) is 2.77. The molecule has 3 nitrogen and oxygen atoms in total. The molecule has 1 aromatic rings. The van der Waals surface area contributed by atoms with Gasteiger partial charge >= 0.3 is 0 Å². The molecule has 0 spiro atoms. The van der Waals surface area contributed by atoms with Gasteiger partial charge in [-0.2, -0.15) is 0 Å². The van der Waals surface area contributed by atoms with Gasteiger partial charge in [-0.1, -0.05) is 0 Å². The average Bonchev–Trinajstić information content (AvgIpc) is 2.47. The summed E-state index contributed by atoms with van der Waals surface area (Å²) in [6.07, 6.45) is 0. The summed E-state index contributed by atoms with van der Waals surface area (Å²) in [5.41, 5.74) is 1.21. The summed E-state index contributed by atoms with van der Waals surface area (Å²) in [6.45, 7) is 9.85. The van der Waals surface area contributed by atoms with Gasteiger partial charge < -0.3 is 5.32 Å². The number of aryl methyl sites for hydroxylation is 2. The molecule has 1 aliphatic rings. The van der Waals surface area contributed by atoms with E-state index in [0.717, 1.165) is 32.7 Å². The molecular formula is C10H18ClN3S. The lowest BCUT2D eigenvalue weighted by Gasteiger charge is -2.26. The molecule has 86 valence electrons. The number of rotatable bonds is 2. The zero-order chi connectivity index (χ0) is 9.97. The number of hydrogen-bond donors (Lipinski definition) is 1. The van der Waals surface area contributed by atoms with Crippen molar-refractivity contribution in [2.24, 2.45) is 0 Å². The smallest absolute Gasteiger partial charge is 0.0900 e. The molecule has 2 heterocycles. The molecule has 15 heavy (non-hydrogen) atoms. The number of aromatic nitrogens is 1. The van der Waals surface area contributed by atoms with E-state index in [1.165, 1.54) is 15.6 Å². The van der Waals surface area contributed by atoms with E-state index in [-0.39, 0.29) is 12.4 Å². The molecule has 0 bridgehead atoms. The quantitative estimate of drug-likeness (QED) is 0.860. The lowest BCUT2D eigenvalue weighted by Crippen LogP contribution is -2.42. The second kappa shape index (κ2) is 5.80. The van der Waals surface area contributed by atoms with Crippen LogP contribution in [0, 0.1) is 13.8 Å². The van der Waals surface area contributed by atoms with Gasteiger partial charge in [0.25, 0.3) is 0 Å². The van der Waals surface area contributed by atoms with Gasteiger partial charge in [0.2, 0.25) is 0 Å². The van der Waals surface area contributed by atoms with Gasteiger partial charge in [-0.15, -0.1) is 23.7 Å². The van der Waals surface area contributed by atoms with Crippen LogP contribution in [0.3, 0.4) is 0 Å². The van der Waals surface area contributed by atoms with Crippen LogP contribution in [-0.2, 0) is 6.54 Å². The number of piperazine rings is 1. The molecule has 5 heteroatoms. The van der Waals surface area contributed by atoms with Crippen LogP contribution < -0.4 is 5.32 Å². The normalized spacial score (nSPS) is 17.5. The maximum absolute atomic E-state index is 4.45. The standard InChI is InChI=1S/C10H17N3S.ClH/c1-8-10(14-9(2)12-8)7-13-5-3-11-4-6-13;/h11H,3-7H2,1-2H3;1H. The molecular weight excluding hydrogens is 230 g/mol. The second-order valence-electron chi connectivity index (χ2n) is 3.77. The number of hydrogen-bond acceptors (Lipinski definition) is 4. The Kier molecular flexibility index (Phi) is 4.99. The van der Waals surface area contributed by atoms with E-state index < -0.39 is 0 Å². The Morgan fingerprint density at radius 1 is 1.33 bits per heavy atom. The summed E-state index contributed by atoms with van der Waals surface area (Å²) in [5.74, 6) is 0. The van der Waals surface area contributed by atoms with Crippen LogP contribution in [0.1, 0.15) is 15.6 Å². The van der Waals surface area contributed by atoms with Crippen molar-refractivity contribution in [2.75, 3.05) is 26.2 Å². The van der Waals surface area contributed by atoms with Crippen LogP contribution in [0.4, 0.5) is 0 Å². The monoisotopic (exact) mass is 247 g/mol. The first kappa shape index (κ1) is 12.9. The number of halogens is 1. The van der Waals surface area contributed by atoms with E-state index in [1.54, 1.807) is 0 Å². The third-order valence-corrected chi connectivity index (χ3v) is 3.63. The number of thiazole rings is 1. The van der Waals surface area contributed by atoms with Crippen molar-refractivity contribution in [1.82, 2.24) is 15.2 Å². The molecule has 0 amide bonds. The molecule has 1 aromatic heterocycles. The van der Waals surface area contributed by atoms with E-state index in [0.29, 0.717) is 0 Å². The molecule has 1 saturated heterocycles. The Bertz CT molecular complexity index is 308. The number of nitrogens with zero attached hydrogens (tertiary/aromatic N) is 2. The zero-order valence-corrected chi connectivity index (χ0v) is 10.9. The van der Waals surface area contributed by atoms with Crippen molar-refractivity contribution in [1.29, 1.82) is 0 Å². The highest BCUT2D eigenvalue weighted by molar-refractivity contribution is 7.11. The van der Waals surface area contributed by atoms with Gasteiger partial charge in [0.05, 0.1) is 10.7 Å². The third kappa shape index (κ3) is 3.41. The van der Waals surface area contributed by atoms with Crippen LogP contribution in [0.2, 0.25) is 0 Å². The van der Waals surface area contributed by atoms with Crippen molar-refractivity contribution in [3.8, 4) is 0 Å². The van der Waals surface area contributed by atoms with E-state index in [4.69, 9.17) is 0 Å². The fraction of sp³-hybridized carbons (Fsp3) is 0.700. The molecule has 1 N–H and O–H groups in total. The SMILES string of the molecule is Cc1nc(C)c(CN2CCNCC2)s1.Cl. The minimum atomic E-state index is 0. The van der Waals surface area contributed by atoms with Crippen molar-refractivity contribution in [3.05, 3.63) is 15.6 Å². The van der Waals surface area contributed by atoms with Gasteiger partial charge in [-0.05, 0) is 13.8 Å². The van der Waals surface area contributed by atoms with Crippen molar-refractivity contribution >= 4 is 23.7 Å². The summed E-state index contributed by atoms with van der Waals surface area (Å²) in [4.78, 5) is 8.38. The summed E-state index contributed by atoms with van der Waals surface area (Å²) >= 11 is 1.83. The molecule has 0 saturated carbocycles. The molecule has 0 radical (unpaired) electrons. The van der Waals surface area contributed by atoms with Crippen molar-refractivity contribution in [3.63, 3.8) is 0 Å². The predicted octanol–water partition coefficient (Wildman–Crippen LogP) is 1.59. The predicted molar refractivity (Wildman–Crippen MR) is 67.0 cm³/mol. The van der Waals surface area contributed by atoms with Crippen LogP contribution in [0.15, 0.2) is 0 Å². The lowest BCUT2D eigenvalue weighted by atomic mass is 10.3. The first-order valence-electron chi connectivity index (χ1n) is 5.11. The third-order valence-electron chi connectivity index (χ3n) is 2.58. The topological polar surface area (TPSA) is 28.2 Å². The highest BCUT2D eigenvalue weighted by Gasteiger charge is 2.13. The summed E-state index contributed by atoms with van der Waals surface area (Å²) in [6, 6.07) is 0. The highest BCUT2D eigenvalue weighted by Crippen LogP contribution is 2.19. The minimum Gasteiger partial charge on any atom is -0.314 e.